The molecule has 0 heteroatoms. The fourth-order valence-electron chi connectivity index (χ4n) is 3.10. The van der Waals surface area contributed by atoms with Crippen LogP contribution < -0.4 is 0 Å². The van der Waals surface area contributed by atoms with E-state index in [4.69, 9.17) is 0 Å². The van der Waals surface area contributed by atoms with E-state index in [1.54, 1.807) is 0 Å². The van der Waals surface area contributed by atoms with Gasteiger partial charge in [-0.1, -0.05) is 61.9 Å². The minimum absolute atomic E-state index is 0.761. The molecule has 0 saturated heterocycles. The molecule has 0 bridgehead atoms. The lowest BCUT2D eigenvalue weighted by atomic mass is 9.79. The lowest BCUT2D eigenvalue weighted by Gasteiger charge is -2.26. The maximum absolute atomic E-state index is 3.25. The van der Waals surface area contributed by atoms with Gasteiger partial charge in [0.1, 0.15) is 0 Å². The van der Waals surface area contributed by atoms with Gasteiger partial charge in [0, 0.05) is 11.1 Å². The van der Waals surface area contributed by atoms with Crippen molar-refractivity contribution in [3.8, 4) is 11.8 Å². The van der Waals surface area contributed by atoms with E-state index < -0.39 is 0 Å². The zero-order valence-electron chi connectivity index (χ0n) is 12.7. The predicted octanol–water partition coefficient (Wildman–Crippen LogP) is 5.38. The van der Waals surface area contributed by atoms with Gasteiger partial charge in [-0.3, -0.25) is 0 Å². The van der Waals surface area contributed by atoms with E-state index in [1.165, 1.54) is 31.2 Å². The third kappa shape index (κ3) is 3.76. The molecule has 2 aromatic rings. The molecule has 0 radical (unpaired) electrons. The van der Waals surface area contributed by atoms with E-state index in [9.17, 15) is 0 Å². The van der Waals surface area contributed by atoms with Crippen molar-refractivity contribution in [3.63, 3.8) is 0 Å². The van der Waals surface area contributed by atoms with Crippen LogP contribution in [0.3, 0.4) is 0 Å². The second kappa shape index (κ2) is 6.64. The van der Waals surface area contributed by atoms with Crippen LogP contribution in [0.1, 0.15) is 55.2 Å². The molecular weight excluding hydrogens is 252 g/mol. The topological polar surface area (TPSA) is 0 Å². The summed E-state index contributed by atoms with van der Waals surface area (Å²) in [4.78, 5) is 0. The smallest absolute Gasteiger partial charge is 0.0249 e. The Labute approximate surface area is 128 Å². The van der Waals surface area contributed by atoms with E-state index >= 15 is 0 Å². The first-order chi connectivity index (χ1) is 10.3. The molecule has 0 N–H and O–H groups in total. The number of hydrogen-bond acceptors (Lipinski definition) is 0. The summed E-state index contributed by atoms with van der Waals surface area (Å²) in [6, 6.07) is 19.0. The Hall–Kier alpha value is -2.00. The zero-order chi connectivity index (χ0) is 14.5. The molecule has 0 amide bonds. The van der Waals surface area contributed by atoms with E-state index in [1.807, 2.05) is 30.3 Å². The van der Waals surface area contributed by atoms with Crippen LogP contribution in [0.2, 0.25) is 0 Å². The average Bonchev–Trinajstić information content (AvgIpc) is 2.55. The fourth-order valence-corrected chi connectivity index (χ4v) is 3.10. The summed E-state index contributed by atoms with van der Waals surface area (Å²) in [5.41, 5.74) is 3.67. The van der Waals surface area contributed by atoms with Crippen molar-refractivity contribution in [3.05, 3.63) is 71.3 Å². The average molecular weight is 274 g/mol. The van der Waals surface area contributed by atoms with Crippen molar-refractivity contribution in [2.24, 2.45) is 5.92 Å². The van der Waals surface area contributed by atoms with Gasteiger partial charge < -0.3 is 0 Å². The van der Waals surface area contributed by atoms with Gasteiger partial charge in [0.05, 0.1) is 0 Å². The van der Waals surface area contributed by atoms with Crippen LogP contribution >= 0.6 is 0 Å². The second-order valence-corrected chi connectivity index (χ2v) is 6.19. The lowest BCUT2D eigenvalue weighted by Crippen LogP contribution is -2.10. The van der Waals surface area contributed by atoms with Crippen molar-refractivity contribution in [2.45, 2.75) is 38.5 Å². The second-order valence-electron chi connectivity index (χ2n) is 6.19. The van der Waals surface area contributed by atoms with Crippen LogP contribution in [0.15, 0.2) is 54.6 Å². The third-order valence-electron chi connectivity index (χ3n) is 4.52. The largest absolute Gasteiger partial charge is 0.0625 e. The number of rotatable bonds is 1. The molecule has 0 atom stereocenters. The summed E-state index contributed by atoms with van der Waals surface area (Å²) in [5.74, 6) is 8.14. The predicted molar refractivity (Wildman–Crippen MR) is 89.2 cm³/mol. The zero-order valence-corrected chi connectivity index (χ0v) is 12.7. The van der Waals surface area contributed by atoms with Gasteiger partial charge in [-0.15, -0.1) is 0 Å². The highest BCUT2D eigenvalue weighted by Gasteiger charge is 2.19. The van der Waals surface area contributed by atoms with Gasteiger partial charge in [0.2, 0.25) is 0 Å². The minimum atomic E-state index is 0.761. The Morgan fingerprint density at radius 3 is 1.90 bits per heavy atom. The van der Waals surface area contributed by atoms with Crippen molar-refractivity contribution in [2.75, 3.05) is 0 Å². The molecule has 0 nitrogen and oxygen atoms in total. The third-order valence-corrected chi connectivity index (χ3v) is 4.52. The first-order valence-electron chi connectivity index (χ1n) is 7.98. The van der Waals surface area contributed by atoms with Gasteiger partial charge in [0.15, 0.2) is 0 Å². The van der Waals surface area contributed by atoms with Crippen LogP contribution in [0, 0.1) is 17.8 Å². The van der Waals surface area contributed by atoms with Crippen LogP contribution in [0.5, 0.6) is 0 Å². The monoisotopic (exact) mass is 274 g/mol. The minimum Gasteiger partial charge on any atom is -0.0625 e. The summed E-state index contributed by atoms with van der Waals surface area (Å²) >= 11 is 0. The molecule has 0 spiro atoms. The van der Waals surface area contributed by atoms with Gasteiger partial charge in [-0.05, 0) is 54.5 Å². The van der Waals surface area contributed by atoms with Gasteiger partial charge in [0.25, 0.3) is 0 Å². The number of hydrogen-bond donors (Lipinski definition) is 0. The Bertz CT molecular complexity index is 617. The van der Waals surface area contributed by atoms with E-state index in [-0.39, 0.29) is 0 Å². The summed E-state index contributed by atoms with van der Waals surface area (Å²) in [6.45, 7) is 2.37. The highest BCUT2D eigenvalue weighted by molar-refractivity contribution is 5.43. The molecule has 21 heavy (non-hydrogen) atoms. The van der Waals surface area contributed by atoms with Gasteiger partial charge in [-0.2, -0.15) is 0 Å². The first kappa shape index (κ1) is 14.0. The maximum atomic E-state index is 3.25. The molecule has 3 rings (SSSR count). The molecule has 106 valence electrons. The Balaban J connectivity index is 1.69. The lowest BCUT2D eigenvalue weighted by molar-refractivity contribution is 0.348. The number of benzene rings is 2. The maximum Gasteiger partial charge on any atom is 0.0249 e. The molecule has 0 aliphatic heterocycles. The molecular formula is C21H22. The van der Waals surface area contributed by atoms with E-state index in [0.717, 1.165) is 23.0 Å². The highest BCUT2D eigenvalue weighted by atomic mass is 14.2. The van der Waals surface area contributed by atoms with Crippen molar-refractivity contribution >= 4 is 0 Å². The Kier molecular flexibility index (Phi) is 4.41. The van der Waals surface area contributed by atoms with Crippen molar-refractivity contribution in [1.82, 2.24) is 0 Å². The van der Waals surface area contributed by atoms with Crippen LogP contribution in [0.25, 0.3) is 0 Å². The quantitative estimate of drug-likeness (QED) is 0.612. The van der Waals surface area contributed by atoms with Crippen molar-refractivity contribution in [1.29, 1.82) is 0 Å². The van der Waals surface area contributed by atoms with E-state index in [2.05, 4.69) is 43.0 Å². The van der Waals surface area contributed by atoms with Crippen molar-refractivity contribution < 1.29 is 0 Å². The SMILES string of the molecule is CC1CCC(c2ccc(C#Cc3ccccc3)cc2)CC1. The van der Waals surface area contributed by atoms with Crippen LogP contribution in [-0.2, 0) is 0 Å². The Morgan fingerprint density at radius 2 is 1.29 bits per heavy atom. The fraction of sp³-hybridized carbons (Fsp3) is 0.333. The molecule has 2 aromatic carbocycles. The van der Waals surface area contributed by atoms with Crippen LogP contribution in [-0.4, -0.2) is 0 Å². The summed E-state index contributed by atoms with van der Waals surface area (Å²) < 4.78 is 0. The standard InChI is InChI=1S/C21H22/c1-17-7-13-20(14-8-17)21-15-11-19(12-16-21)10-9-18-5-3-2-4-6-18/h2-6,11-12,15-17,20H,7-8,13-14H2,1H3. The Morgan fingerprint density at radius 1 is 0.714 bits per heavy atom. The molecule has 0 unspecified atom stereocenters. The molecule has 1 aliphatic rings. The highest BCUT2D eigenvalue weighted by Crippen LogP contribution is 2.35. The summed E-state index contributed by atoms with van der Waals surface area (Å²) in [7, 11) is 0. The molecule has 1 saturated carbocycles. The van der Waals surface area contributed by atoms with Crippen LogP contribution in [0.4, 0.5) is 0 Å². The molecule has 1 aliphatic carbocycles. The molecule has 0 heterocycles. The first-order valence-corrected chi connectivity index (χ1v) is 7.98. The van der Waals surface area contributed by atoms with Gasteiger partial charge in [-0.25, -0.2) is 0 Å². The summed E-state index contributed by atoms with van der Waals surface area (Å²) in [5, 5.41) is 0. The normalized spacial score (nSPS) is 21.4. The molecule has 1 fully saturated rings. The summed E-state index contributed by atoms with van der Waals surface area (Å²) in [6.07, 6.45) is 5.44. The van der Waals surface area contributed by atoms with Gasteiger partial charge >= 0.3 is 0 Å². The van der Waals surface area contributed by atoms with E-state index in [0.29, 0.717) is 0 Å². The molecule has 0 aromatic heterocycles.